The first-order valence-corrected chi connectivity index (χ1v) is 7.28. The average Bonchev–Trinajstić information content (AvgIpc) is 2.50. The van der Waals surface area contributed by atoms with Crippen molar-refractivity contribution in [1.29, 1.82) is 0 Å². The van der Waals surface area contributed by atoms with E-state index in [1.54, 1.807) is 7.11 Å². The van der Waals surface area contributed by atoms with Gasteiger partial charge in [0, 0.05) is 29.9 Å². The zero-order chi connectivity index (χ0) is 15.1. The van der Waals surface area contributed by atoms with Gasteiger partial charge >= 0.3 is 0 Å². The molecule has 112 valence electrons. The molecule has 0 heterocycles. The zero-order valence-corrected chi connectivity index (χ0v) is 13.1. The predicted octanol–water partition coefficient (Wildman–Crippen LogP) is 4.29. The van der Waals surface area contributed by atoms with Gasteiger partial charge in [-0.2, -0.15) is 0 Å². The van der Waals surface area contributed by atoms with Crippen molar-refractivity contribution in [2.45, 2.75) is 13.5 Å². The van der Waals surface area contributed by atoms with Crippen LogP contribution < -0.4 is 10.1 Å². The van der Waals surface area contributed by atoms with E-state index in [9.17, 15) is 0 Å². The van der Waals surface area contributed by atoms with Crippen LogP contribution in [0.5, 0.6) is 5.75 Å². The number of para-hydroxylation sites is 1. The van der Waals surface area contributed by atoms with Crippen LogP contribution in [0, 0.1) is 6.92 Å². The fraction of sp³-hybridized carbons (Fsp3) is 0.294. The summed E-state index contributed by atoms with van der Waals surface area (Å²) >= 11 is 6.13. The van der Waals surface area contributed by atoms with E-state index < -0.39 is 0 Å². The normalized spacial score (nSPS) is 10.4. The Morgan fingerprint density at radius 1 is 1.10 bits per heavy atom. The van der Waals surface area contributed by atoms with Crippen LogP contribution in [0.4, 0.5) is 5.69 Å². The van der Waals surface area contributed by atoms with Gasteiger partial charge in [0.15, 0.2) is 0 Å². The first-order chi connectivity index (χ1) is 10.2. The van der Waals surface area contributed by atoms with Crippen LogP contribution in [0.3, 0.4) is 0 Å². The lowest BCUT2D eigenvalue weighted by atomic mass is 10.2. The van der Waals surface area contributed by atoms with Crippen LogP contribution in [0.25, 0.3) is 0 Å². The number of halogens is 1. The number of nitrogens with one attached hydrogen (secondary N) is 1. The SMILES string of the molecule is COCCOc1ccccc1CNc1ccc(C)c(Cl)c1. The monoisotopic (exact) mass is 305 g/mol. The first kappa shape index (κ1) is 15.7. The molecule has 0 spiro atoms. The molecular weight excluding hydrogens is 286 g/mol. The molecule has 0 atom stereocenters. The maximum Gasteiger partial charge on any atom is 0.124 e. The minimum atomic E-state index is 0.546. The largest absolute Gasteiger partial charge is 0.491 e. The number of hydrogen-bond acceptors (Lipinski definition) is 3. The van der Waals surface area contributed by atoms with E-state index in [1.165, 1.54) is 0 Å². The van der Waals surface area contributed by atoms with Crippen LogP contribution in [-0.4, -0.2) is 20.3 Å². The van der Waals surface area contributed by atoms with Gasteiger partial charge in [-0.05, 0) is 30.7 Å². The molecule has 0 radical (unpaired) electrons. The third-order valence-corrected chi connectivity index (χ3v) is 3.58. The van der Waals surface area contributed by atoms with Crippen LogP contribution in [0.2, 0.25) is 5.02 Å². The summed E-state index contributed by atoms with van der Waals surface area (Å²) < 4.78 is 10.7. The standard InChI is InChI=1S/C17H20ClNO2/c1-13-7-8-15(11-16(13)18)19-12-14-5-3-4-6-17(14)21-10-9-20-2/h3-8,11,19H,9-10,12H2,1-2H3. The Labute approximate surface area is 130 Å². The average molecular weight is 306 g/mol. The number of methoxy groups -OCH3 is 1. The van der Waals surface area contributed by atoms with Crippen molar-refractivity contribution < 1.29 is 9.47 Å². The fourth-order valence-corrected chi connectivity index (χ4v) is 2.11. The first-order valence-electron chi connectivity index (χ1n) is 6.90. The van der Waals surface area contributed by atoms with E-state index in [1.807, 2.05) is 49.4 Å². The molecule has 0 aliphatic heterocycles. The molecule has 2 aromatic carbocycles. The molecule has 0 saturated carbocycles. The van der Waals surface area contributed by atoms with Gasteiger partial charge in [0.1, 0.15) is 12.4 Å². The quantitative estimate of drug-likeness (QED) is 0.774. The van der Waals surface area contributed by atoms with Gasteiger partial charge in [0.25, 0.3) is 0 Å². The smallest absolute Gasteiger partial charge is 0.124 e. The van der Waals surface area contributed by atoms with Crippen LogP contribution >= 0.6 is 11.6 Å². The van der Waals surface area contributed by atoms with Crippen molar-refractivity contribution in [3.05, 3.63) is 58.6 Å². The predicted molar refractivity (Wildman–Crippen MR) is 87.3 cm³/mol. The van der Waals surface area contributed by atoms with Gasteiger partial charge in [-0.25, -0.2) is 0 Å². The van der Waals surface area contributed by atoms with Gasteiger partial charge in [0.2, 0.25) is 0 Å². The second-order valence-corrected chi connectivity index (χ2v) is 5.17. The zero-order valence-electron chi connectivity index (χ0n) is 12.4. The summed E-state index contributed by atoms with van der Waals surface area (Å²) in [6, 6.07) is 13.9. The van der Waals surface area contributed by atoms with Crippen LogP contribution in [-0.2, 0) is 11.3 Å². The second-order valence-electron chi connectivity index (χ2n) is 4.77. The molecule has 2 rings (SSSR count). The van der Waals surface area contributed by atoms with Crippen molar-refractivity contribution >= 4 is 17.3 Å². The van der Waals surface area contributed by atoms with E-state index in [2.05, 4.69) is 5.32 Å². The molecule has 3 nitrogen and oxygen atoms in total. The molecule has 0 aliphatic rings. The number of benzene rings is 2. The Kier molecular flexibility index (Phi) is 5.90. The van der Waals surface area contributed by atoms with Crippen molar-refractivity contribution in [2.24, 2.45) is 0 Å². The van der Waals surface area contributed by atoms with E-state index in [0.29, 0.717) is 19.8 Å². The lowest BCUT2D eigenvalue weighted by Crippen LogP contribution is -2.07. The van der Waals surface area contributed by atoms with Gasteiger partial charge < -0.3 is 14.8 Å². The molecule has 0 unspecified atom stereocenters. The van der Waals surface area contributed by atoms with E-state index in [0.717, 1.165) is 27.6 Å². The Bertz CT molecular complexity index is 587. The molecule has 1 N–H and O–H groups in total. The van der Waals surface area contributed by atoms with E-state index >= 15 is 0 Å². The molecule has 0 amide bonds. The lowest BCUT2D eigenvalue weighted by Gasteiger charge is -2.13. The summed E-state index contributed by atoms with van der Waals surface area (Å²) in [5.41, 5.74) is 3.17. The summed E-state index contributed by atoms with van der Waals surface area (Å²) in [6.07, 6.45) is 0. The van der Waals surface area contributed by atoms with Gasteiger partial charge in [0.05, 0.1) is 6.61 Å². The summed E-state index contributed by atoms with van der Waals surface area (Å²) in [4.78, 5) is 0. The minimum absolute atomic E-state index is 0.546. The number of ether oxygens (including phenoxy) is 2. The molecule has 0 fully saturated rings. The van der Waals surface area contributed by atoms with Gasteiger partial charge in [-0.3, -0.25) is 0 Å². The Hall–Kier alpha value is -1.71. The molecule has 0 bridgehead atoms. The van der Waals surface area contributed by atoms with Crippen molar-refractivity contribution in [1.82, 2.24) is 0 Å². The van der Waals surface area contributed by atoms with Crippen molar-refractivity contribution in [3.63, 3.8) is 0 Å². The van der Waals surface area contributed by atoms with E-state index in [4.69, 9.17) is 21.1 Å². The summed E-state index contributed by atoms with van der Waals surface area (Å²) in [5, 5.41) is 4.13. The van der Waals surface area contributed by atoms with Gasteiger partial charge in [-0.1, -0.05) is 35.9 Å². The molecule has 0 aliphatic carbocycles. The van der Waals surface area contributed by atoms with Crippen molar-refractivity contribution in [3.8, 4) is 5.75 Å². The Morgan fingerprint density at radius 2 is 1.90 bits per heavy atom. The Balaban J connectivity index is 2.00. The molecule has 21 heavy (non-hydrogen) atoms. The fourth-order valence-electron chi connectivity index (χ4n) is 1.93. The number of rotatable bonds is 7. The maximum absolute atomic E-state index is 6.13. The number of hydrogen-bond donors (Lipinski definition) is 1. The highest BCUT2D eigenvalue weighted by Gasteiger charge is 2.04. The summed E-state index contributed by atoms with van der Waals surface area (Å²) in [7, 11) is 1.66. The maximum atomic E-state index is 6.13. The van der Waals surface area contributed by atoms with Gasteiger partial charge in [-0.15, -0.1) is 0 Å². The minimum Gasteiger partial charge on any atom is -0.491 e. The highest BCUT2D eigenvalue weighted by Crippen LogP contribution is 2.23. The topological polar surface area (TPSA) is 30.5 Å². The number of anilines is 1. The van der Waals surface area contributed by atoms with Crippen molar-refractivity contribution in [2.75, 3.05) is 25.6 Å². The molecule has 0 saturated heterocycles. The summed E-state index contributed by atoms with van der Waals surface area (Å²) in [6.45, 7) is 3.80. The molecule has 0 aromatic heterocycles. The van der Waals surface area contributed by atoms with Crippen LogP contribution in [0.15, 0.2) is 42.5 Å². The Morgan fingerprint density at radius 3 is 2.67 bits per heavy atom. The second kappa shape index (κ2) is 7.91. The van der Waals surface area contributed by atoms with E-state index in [-0.39, 0.29) is 0 Å². The van der Waals surface area contributed by atoms with Crippen LogP contribution in [0.1, 0.15) is 11.1 Å². The molecule has 2 aromatic rings. The molecular formula is C17H20ClNO2. The third-order valence-electron chi connectivity index (χ3n) is 3.17. The summed E-state index contributed by atoms with van der Waals surface area (Å²) in [5.74, 6) is 0.875. The number of aryl methyl sites for hydroxylation is 1. The highest BCUT2D eigenvalue weighted by atomic mass is 35.5. The third kappa shape index (κ3) is 4.66. The highest BCUT2D eigenvalue weighted by molar-refractivity contribution is 6.31. The molecule has 4 heteroatoms. The lowest BCUT2D eigenvalue weighted by molar-refractivity contribution is 0.146.